The Labute approximate surface area is 104 Å². The zero-order valence-corrected chi connectivity index (χ0v) is 10.4. The minimum absolute atomic E-state index is 0.0670. The van der Waals surface area contributed by atoms with Crippen molar-refractivity contribution in [3.05, 3.63) is 0 Å². The maximum Gasteiger partial charge on any atom is 0.406 e. The van der Waals surface area contributed by atoms with Gasteiger partial charge in [0.05, 0.1) is 6.04 Å². The Balaban J connectivity index is 1.84. The van der Waals surface area contributed by atoms with Gasteiger partial charge in [-0.1, -0.05) is 12.8 Å². The molecule has 0 aromatic heterocycles. The number of hydrogen-bond acceptors (Lipinski definition) is 2. The normalized spacial score (nSPS) is 24.9. The summed E-state index contributed by atoms with van der Waals surface area (Å²) in [4.78, 5) is 11.8. The van der Waals surface area contributed by atoms with Crippen LogP contribution in [0.5, 0.6) is 0 Å². The van der Waals surface area contributed by atoms with E-state index in [0.717, 1.165) is 25.7 Å². The summed E-state index contributed by atoms with van der Waals surface area (Å²) >= 11 is 0. The lowest BCUT2D eigenvalue weighted by Crippen LogP contribution is -2.54. The highest BCUT2D eigenvalue weighted by Gasteiger charge is 2.63. The monoisotopic (exact) mass is 264 g/mol. The SMILES string of the molecule is CC(NC1(C(F)(F)F)CC1)C(=O)NC1CCCC1. The van der Waals surface area contributed by atoms with E-state index in [4.69, 9.17) is 0 Å². The van der Waals surface area contributed by atoms with E-state index in [9.17, 15) is 18.0 Å². The lowest BCUT2D eigenvalue weighted by atomic mass is 10.2. The van der Waals surface area contributed by atoms with Crippen molar-refractivity contribution in [3.63, 3.8) is 0 Å². The minimum atomic E-state index is -4.27. The van der Waals surface area contributed by atoms with Gasteiger partial charge in [0, 0.05) is 6.04 Å². The van der Waals surface area contributed by atoms with E-state index >= 15 is 0 Å². The van der Waals surface area contributed by atoms with E-state index in [1.807, 2.05) is 0 Å². The maximum absolute atomic E-state index is 12.7. The molecule has 0 heterocycles. The van der Waals surface area contributed by atoms with Crippen LogP contribution < -0.4 is 10.6 Å². The Morgan fingerprint density at radius 3 is 2.28 bits per heavy atom. The zero-order valence-electron chi connectivity index (χ0n) is 10.4. The van der Waals surface area contributed by atoms with Gasteiger partial charge in [0.15, 0.2) is 0 Å². The van der Waals surface area contributed by atoms with Crippen LogP contribution in [-0.4, -0.2) is 29.7 Å². The lowest BCUT2D eigenvalue weighted by molar-refractivity contribution is -0.168. The Morgan fingerprint density at radius 1 is 1.28 bits per heavy atom. The van der Waals surface area contributed by atoms with Crippen molar-refractivity contribution < 1.29 is 18.0 Å². The zero-order chi connectivity index (χ0) is 13.4. The number of carbonyl (C=O) groups is 1. The van der Waals surface area contributed by atoms with E-state index in [2.05, 4.69) is 10.6 Å². The summed E-state index contributed by atoms with van der Waals surface area (Å²) in [6.45, 7) is 1.50. The van der Waals surface area contributed by atoms with Crippen molar-refractivity contribution in [2.75, 3.05) is 0 Å². The van der Waals surface area contributed by atoms with E-state index < -0.39 is 17.8 Å². The molecule has 3 nitrogen and oxygen atoms in total. The molecule has 2 rings (SSSR count). The van der Waals surface area contributed by atoms with Crippen LogP contribution in [0.1, 0.15) is 45.4 Å². The van der Waals surface area contributed by atoms with Gasteiger partial charge in [0.2, 0.25) is 5.91 Å². The van der Waals surface area contributed by atoms with Gasteiger partial charge in [-0.25, -0.2) is 0 Å². The topological polar surface area (TPSA) is 41.1 Å². The molecule has 1 atom stereocenters. The number of nitrogens with one attached hydrogen (secondary N) is 2. The van der Waals surface area contributed by atoms with Gasteiger partial charge in [-0.2, -0.15) is 13.2 Å². The number of amides is 1. The van der Waals surface area contributed by atoms with Gasteiger partial charge in [-0.05, 0) is 32.6 Å². The van der Waals surface area contributed by atoms with Crippen molar-refractivity contribution in [2.45, 2.75) is 69.2 Å². The summed E-state index contributed by atoms with van der Waals surface area (Å²) < 4.78 is 38.2. The smallest absolute Gasteiger partial charge is 0.352 e. The maximum atomic E-state index is 12.7. The van der Waals surface area contributed by atoms with Gasteiger partial charge >= 0.3 is 6.18 Å². The molecule has 0 spiro atoms. The molecule has 104 valence electrons. The van der Waals surface area contributed by atoms with Gasteiger partial charge in [0.25, 0.3) is 0 Å². The molecule has 0 aliphatic heterocycles. The van der Waals surface area contributed by atoms with Crippen molar-refractivity contribution in [3.8, 4) is 0 Å². The fraction of sp³-hybridized carbons (Fsp3) is 0.917. The summed E-state index contributed by atoms with van der Waals surface area (Å²) in [6, 6.07) is -0.655. The predicted molar refractivity (Wildman–Crippen MR) is 61.0 cm³/mol. The Bertz CT molecular complexity index is 320. The molecule has 2 N–H and O–H groups in total. The number of rotatable bonds is 4. The number of halogens is 3. The minimum Gasteiger partial charge on any atom is -0.352 e. The van der Waals surface area contributed by atoms with Crippen molar-refractivity contribution in [2.24, 2.45) is 0 Å². The first-order chi connectivity index (χ1) is 8.34. The second-order valence-electron chi connectivity index (χ2n) is 5.44. The molecule has 0 bridgehead atoms. The molecule has 2 aliphatic rings. The highest BCUT2D eigenvalue weighted by molar-refractivity contribution is 5.81. The van der Waals surface area contributed by atoms with Gasteiger partial charge in [-0.3, -0.25) is 10.1 Å². The molecule has 0 aromatic carbocycles. The third-order valence-electron chi connectivity index (χ3n) is 3.88. The molecule has 0 saturated heterocycles. The van der Waals surface area contributed by atoms with Crippen LogP contribution in [0, 0.1) is 0 Å². The molecule has 2 fully saturated rings. The van der Waals surface area contributed by atoms with Crippen LogP contribution in [0.4, 0.5) is 13.2 Å². The van der Waals surface area contributed by atoms with Crippen molar-refractivity contribution in [1.29, 1.82) is 0 Å². The second kappa shape index (κ2) is 4.72. The summed E-state index contributed by atoms with van der Waals surface area (Å²) in [7, 11) is 0. The first kappa shape index (κ1) is 13.6. The molecule has 2 aliphatic carbocycles. The molecular weight excluding hydrogens is 245 g/mol. The van der Waals surface area contributed by atoms with E-state index in [1.165, 1.54) is 6.92 Å². The summed E-state index contributed by atoms with van der Waals surface area (Å²) in [5, 5.41) is 5.26. The highest BCUT2D eigenvalue weighted by Crippen LogP contribution is 2.49. The Hall–Kier alpha value is -0.780. The van der Waals surface area contributed by atoms with Crippen LogP contribution in [0.25, 0.3) is 0 Å². The second-order valence-corrected chi connectivity index (χ2v) is 5.44. The van der Waals surface area contributed by atoms with Crippen LogP contribution in [0.3, 0.4) is 0 Å². The van der Waals surface area contributed by atoms with Gasteiger partial charge in [-0.15, -0.1) is 0 Å². The number of hydrogen-bond donors (Lipinski definition) is 2. The molecule has 18 heavy (non-hydrogen) atoms. The van der Waals surface area contributed by atoms with E-state index in [-0.39, 0.29) is 24.8 Å². The third-order valence-corrected chi connectivity index (χ3v) is 3.88. The summed E-state index contributed by atoms with van der Waals surface area (Å²) in [5.41, 5.74) is -1.82. The van der Waals surface area contributed by atoms with Crippen molar-refractivity contribution in [1.82, 2.24) is 10.6 Å². The van der Waals surface area contributed by atoms with Crippen molar-refractivity contribution >= 4 is 5.91 Å². The van der Waals surface area contributed by atoms with Gasteiger partial charge in [0.1, 0.15) is 5.54 Å². The average molecular weight is 264 g/mol. The standard InChI is InChI=1S/C12H19F3N2O/c1-8(10(18)16-9-4-2-3-5-9)17-11(6-7-11)12(13,14)15/h8-9,17H,2-7H2,1H3,(H,16,18). The molecule has 0 radical (unpaired) electrons. The molecule has 0 aromatic rings. The molecule has 2 saturated carbocycles. The van der Waals surface area contributed by atoms with Crippen LogP contribution in [0.15, 0.2) is 0 Å². The largest absolute Gasteiger partial charge is 0.406 e. The first-order valence-corrected chi connectivity index (χ1v) is 6.49. The van der Waals surface area contributed by atoms with E-state index in [1.54, 1.807) is 0 Å². The third kappa shape index (κ3) is 2.79. The molecule has 1 amide bonds. The van der Waals surface area contributed by atoms with Crippen LogP contribution in [0.2, 0.25) is 0 Å². The first-order valence-electron chi connectivity index (χ1n) is 6.49. The fourth-order valence-electron chi connectivity index (χ4n) is 2.51. The lowest BCUT2D eigenvalue weighted by Gasteiger charge is -2.25. The Kier molecular flexibility index (Phi) is 3.58. The average Bonchev–Trinajstić information content (AvgIpc) is 2.87. The Morgan fingerprint density at radius 2 is 1.83 bits per heavy atom. The molecule has 6 heteroatoms. The quantitative estimate of drug-likeness (QED) is 0.816. The number of carbonyl (C=O) groups excluding carboxylic acids is 1. The van der Waals surface area contributed by atoms with Crippen LogP contribution in [-0.2, 0) is 4.79 Å². The molecule has 1 unspecified atom stereocenters. The number of alkyl halides is 3. The summed E-state index contributed by atoms with van der Waals surface area (Å²) in [5.74, 6) is -0.322. The fourth-order valence-corrected chi connectivity index (χ4v) is 2.51. The summed E-state index contributed by atoms with van der Waals surface area (Å²) in [6.07, 6.45) is -0.103. The van der Waals surface area contributed by atoms with E-state index in [0.29, 0.717) is 0 Å². The highest BCUT2D eigenvalue weighted by atomic mass is 19.4. The van der Waals surface area contributed by atoms with Gasteiger partial charge < -0.3 is 5.32 Å². The molecular formula is C12H19F3N2O. The van der Waals surface area contributed by atoms with Crippen LogP contribution >= 0.6 is 0 Å². The predicted octanol–water partition coefficient (Wildman–Crippen LogP) is 2.12.